The number of benzene rings is 1. The summed E-state index contributed by atoms with van der Waals surface area (Å²) in [5.41, 5.74) is 2.55. The van der Waals surface area contributed by atoms with E-state index in [4.69, 9.17) is 9.47 Å². The molecule has 0 unspecified atom stereocenters. The molecule has 1 saturated heterocycles. The second-order valence-corrected chi connectivity index (χ2v) is 7.56. The van der Waals surface area contributed by atoms with Crippen LogP contribution in [0.1, 0.15) is 11.4 Å². The summed E-state index contributed by atoms with van der Waals surface area (Å²) in [5, 5.41) is 16.1. The Balaban J connectivity index is 1.36. The van der Waals surface area contributed by atoms with E-state index in [0.29, 0.717) is 49.2 Å². The summed E-state index contributed by atoms with van der Waals surface area (Å²) in [4.78, 5) is 16.6. The van der Waals surface area contributed by atoms with Gasteiger partial charge in [-0.1, -0.05) is 0 Å². The molecule has 0 saturated carbocycles. The van der Waals surface area contributed by atoms with Gasteiger partial charge in [0.15, 0.2) is 11.6 Å². The van der Waals surface area contributed by atoms with Gasteiger partial charge in [-0.05, 0) is 44.2 Å². The molecule has 0 bridgehead atoms. The molecular formula is C22H27N7O3. The van der Waals surface area contributed by atoms with Crippen molar-refractivity contribution in [1.82, 2.24) is 24.9 Å². The van der Waals surface area contributed by atoms with Gasteiger partial charge in [-0.15, -0.1) is 10.2 Å². The number of methoxy groups -OCH3 is 2. The number of aromatic nitrogens is 4. The average Bonchev–Trinajstić information content (AvgIpc) is 3.17. The molecule has 2 amide bonds. The van der Waals surface area contributed by atoms with Gasteiger partial charge in [-0.2, -0.15) is 5.10 Å². The van der Waals surface area contributed by atoms with Crippen LogP contribution < -0.4 is 19.7 Å². The van der Waals surface area contributed by atoms with Crippen LogP contribution >= 0.6 is 0 Å². The summed E-state index contributed by atoms with van der Waals surface area (Å²) in [6.07, 6.45) is 0. The molecule has 0 atom stereocenters. The highest BCUT2D eigenvalue weighted by atomic mass is 16.5. The molecule has 4 rings (SSSR count). The topological polar surface area (TPSA) is 97.6 Å². The van der Waals surface area contributed by atoms with Gasteiger partial charge in [0.2, 0.25) is 0 Å². The minimum Gasteiger partial charge on any atom is -0.497 e. The van der Waals surface area contributed by atoms with Gasteiger partial charge >= 0.3 is 6.03 Å². The Morgan fingerprint density at radius 2 is 1.66 bits per heavy atom. The summed E-state index contributed by atoms with van der Waals surface area (Å²) in [5.74, 6) is 2.69. The zero-order valence-corrected chi connectivity index (χ0v) is 18.7. The van der Waals surface area contributed by atoms with Gasteiger partial charge in [0.05, 0.1) is 25.6 Å². The van der Waals surface area contributed by atoms with Crippen LogP contribution in [-0.4, -0.2) is 71.3 Å². The normalized spacial score (nSPS) is 13.8. The summed E-state index contributed by atoms with van der Waals surface area (Å²) in [7, 11) is 3.15. The quantitative estimate of drug-likeness (QED) is 0.655. The number of piperazine rings is 1. The Morgan fingerprint density at radius 1 is 0.938 bits per heavy atom. The van der Waals surface area contributed by atoms with E-state index in [1.807, 2.05) is 32.0 Å². The maximum atomic E-state index is 12.7. The second kappa shape index (κ2) is 9.13. The van der Waals surface area contributed by atoms with Crippen molar-refractivity contribution in [3.05, 3.63) is 47.8 Å². The fourth-order valence-corrected chi connectivity index (χ4v) is 3.70. The van der Waals surface area contributed by atoms with E-state index in [-0.39, 0.29) is 6.03 Å². The number of anilines is 2. The molecule has 1 aromatic carbocycles. The van der Waals surface area contributed by atoms with Crippen LogP contribution in [0.5, 0.6) is 11.5 Å². The minimum absolute atomic E-state index is 0.168. The first kappa shape index (κ1) is 21.4. The number of carbonyl (C=O) groups excluding carboxylic acids is 1. The molecule has 0 aliphatic carbocycles. The van der Waals surface area contributed by atoms with Gasteiger partial charge in [-0.25, -0.2) is 9.48 Å². The van der Waals surface area contributed by atoms with Gasteiger partial charge in [-0.3, -0.25) is 0 Å². The molecule has 168 valence electrons. The lowest BCUT2D eigenvalue weighted by Gasteiger charge is -2.35. The van der Waals surface area contributed by atoms with E-state index in [9.17, 15) is 4.79 Å². The van der Waals surface area contributed by atoms with Crippen LogP contribution in [0.25, 0.3) is 5.82 Å². The second-order valence-electron chi connectivity index (χ2n) is 7.56. The highest BCUT2D eigenvalue weighted by Crippen LogP contribution is 2.29. The van der Waals surface area contributed by atoms with Crippen LogP contribution in [0.2, 0.25) is 0 Å². The third-order valence-electron chi connectivity index (χ3n) is 5.40. The number of amides is 2. The van der Waals surface area contributed by atoms with Crippen molar-refractivity contribution in [2.24, 2.45) is 0 Å². The number of aryl methyl sites for hydroxylation is 2. The Labute approximate surface area is 186 Å². The van der Waals surface area contributed by atoms with Crippen molar-refractivity contribution in [3.8, 4) is 17.3 Å². The van der Waals surface area contributed by atoms with Gasteiger partial charge in [0.1, 0.15) is 11.5 Å². The van der Waals surface area contributed by atoms with Gasteiger partial charge in [0, 0.05) is 37.9 Å². The van der Waals surface area contributed by atoms with Crippen LogP contribution in [0, 0.1) is 13.8 Å². The summed E-state index contributed by atoms with van der Waals surface area (Å²) >= 11 is 0. The maximum Gasteiger partial charge on any atom is 0.322 e. The highest BCUT2D eigenvalue weighted by molar-refractivity contribution is 5.91. The monoisotopic (exact) mass is 437 g/mol. The molecule has 1 N–H and O–H groups in total. The van der Waals surface area contributed by atoms with Crippen molar-refractivity contribution in [2.45, 2.75) is 13.8 Å². The van der Waals surface area contributed by atoms with E-state index >= 15 is 0 Å². The lowest BCUT2D eigenvalue weighted by molar-refractivity contribution is 0.208. The van der Waals surface area contributed by atoms with Crippen molar-refractivity contribution >= 4 is 17.5 Å². The summed E-state index contributed by atoms with van der Waals surface area (Å²) < 4.78 is 12.3. The Morgan fingerprint density at radius 3 is 2.25 bits per heavy atom. The van der Waals surface area contributed by atoms with Gasteiger partial charge < -0.3 is 24.6 Å². The first-order valence-corrected chi connectivity index (χ1v) is 10.4. The molecule has 1 aliphatic heterocycles. The van der Waals surface area contributed by atoms with Crippen molar-refractivity contribution in [3.63, 3.8) is 0 Å². The number of urea groups is 1. The lowest BCUT2D eigenvalue weighted by Crippen LogP contribution is -2.50. The largest absolute Gasteiger partial charge is 0.497 e. The number of hydrogen-bond donors (Lipinski definition) is 1. The number of hydrogen-bond acceptors (Lipinski definition) is 7. The number of nitrogens with one attached hydrogen (secondary N) is 1. The fraction of sp³-hybridized carbons (Fsp3) is 0.364. The Bertz CT molecular complexity index is 1090. The van der Waals surface area contributed by atoms with Gasteiger partial charge in [0.25, 0.3) is 0 Å². The zero-order valence-electron chi connectivity index (χ0n) is 18.7. The number of rotatable bonds is 5. The van der Waals surface area contributed by atoms with E-state index in [2.05, 4.69) is 25.5 Å². The van der Waals surface area contributed by atoms with E-state index in [1.54, 1.807) is 42.0 Å². The molecule has 1 fully saturated rings. The maximum absolute atomic E-state index is 12.7. The Kier molecular flexibility index (Phi) is 6.11. The van der Waals surface area contributed by atoms with Crippen LogP contribution in [0.3, 0.4) is 0 Å². The SMILES string of the molecule is COc1ccc(NC(=O)N2CCN(c3ccc(-n4nc(C)cc4C)nn3)CC2)c(OC)c1. The minimum atomic E-state index is -0.168. The first-order valence-electron chi connectivity index (χ1n) is 10.4. The van der Waals surface area contributed by atoms with E-state index in [1.165, 1.54) is 0 Å². The molecular weight excluding hydrogens is 410 g/mol. The molecule has 1 aliphatic rings. The van der Waals surface area contributed by atoms with E-state index in [0.717, 1.165) is 17.2 Å². The molecule has 2 aromatic heterocycles. The number of carbonyl (C=O) groups is 1. The molecule has 0 radical (unpaired) electrons. The summed E-state index contributed by atoms with van der Waals surface area (Å²) in [6, 6.07) is 11.0. The van der Waals surface area contributed by atoms with Crippen molar-refractivity contribution in [1.29, 1.82) is 0 Å². The molecule has 10 nitrogen and oxygen atoms in total. The standard InChI is InChI=1S/C22H27N7O3/c1-15-13-16(2)29(26-15)21-8-7-20(24-25-21)27-9-11-28(12-10-27)22(30)23-18-6-5-17(31-3)14-19(18)32-4/h5-8,13-14H,9-12H2,1-4H3,(H,23,30). The fourth-order valence-electron chi connectivity index (χ4n) is 3.70. The highest BCUT2D eigenvalue weighted by Gasteiger charge is 2.23. The third kappa shape index (κ3) is 4.43. The molecule has 3 aromatic rings. The zero-order chi connectivity index (χ0) is 22.7. The number of nitrogens with zero attached hydrogens (tertiary/aromatic N) is 6. The predicted molar refractivity (Wildman–Crippen MR) is 121 cm³/mol. The number of ether oxygens (including phenoxy) is 2. The first-order chi connectivity index (χ1) is 15.5. The smallest absolute Gasteiger partial charge is 0.322 e. The predicted octanol–water partition coefficient (Wildman–Crippen LogP) is 2.65. The molecule has 3 heterocycles. The van der Waals surface area contributed by atoms with Crippen molar-refractivity contribution < 1.29 is 14.3 Å². The van der Waals surface area contributed by atoms with Crippen LogP contribution in [-0.2, 0) is 0 Å². The molecule has 0 spiro atoms. The van der Waals surface area contributed by atoms with Crippen LogP contribution in [0.15, 0.2) is 36.4 Å². The van der Waals surface area contributed by atoms with Crippen molar-refractivity contribution in [2.75, 3.05) is 50.6 Å². The summed E-state index contributed by atoms with van der Waals surface area (Å²) in [6.45, 7) is 6.42. The molecule has 32 heavy (non-hydrogen) atoms. The van der Waals surface area contributed by atoms with Crippen LogP contribution in [0.4, 0.5) is 16.3 Å². The average molecular weight is 438 g/mol. The lowest BCUT2D eigenvalue weighted by atomic mass is 10.2. The van der Waals surface area contributed by atoms with E-state index < -0.39 is 0 Å². The third-order valence-corrected chi connectivity index (χ3v) is 5.40. The Hall–Kier alpha value is -3.82. The molecule has 10 heteroatoms.